The minimum absolute atomic E-state index is 0.0871. The SMILES string of the molecule is CN(C)S(=O)(=O)N1CCC[C@@H](C(=O)NCc2ccc(N3CCOCC3)cc2)C1. The van der Waals surface area contributed by atoms with Crippen molar-refractivity contribution in [2.75, 3.05) is 58.4 Å². The Labute approximate surface area is 167 Å². The zero-order valence-electron chi connectivity index (χ0n) is 16.6. The first kappa shape index (κ1) is 21.0. The molecule has 1 amide bonds. The average Bonchev–Trinajstić information content (AvgIpc) is 2.73. The predicted octanol–water partition coefficient (Wildman–Crippen LogP) is 0.658. The first-order valence-corrected chi connectivity index (χ1v) is 11.1. The van der Waals surface area contributed by atoms with Crippen LogP contribution >= 0.6 is 0 Å². The molecule has 2 saturated heterocycles. The number of anilines is 1. The van der Waals surface area contributed by atoms with Crippen LogP contribution in [0.2, 0.25) is 0 Å². The van der Waals surface area contributed by atoms with E-state index in [9.17, 15) is 13.2 Å². The maximum Gasteiger partial charge on any atom is 0.281 e. The fraction of sp³-hybridized carbons (Fsp3) is 0.632. The molecule has 28 heavy (non-hydrogen) atoms. The molecule has 1 N–H and O–H groups in total. The number of morpholine rings is 1. The lowest BCUT2D eigenvalue weighted by atomic mass is 9.98. The standard InChI is InChI=1S/C19H30N4O4S/c1-21(2)28(25,26)23-9-3-4-17(15-23)19(24)20-14-16-5-7-18(8-6-16)22-10-12-27-13-11-22/h5-8,17H,3-4,9-15H2,1-2H3,(H,20,24)/t17-/m1/s1. The second-order valence-electron chi connectivity index (χ2n) is 7.47. The molecule has 0 aliphatic carbocycles. The third kappa shape index (κ3) is 5.02. The van der Waals surface area contributed by atoms with Crippen molar-refractivity contribution in [1.82, 2.24) is 13.9 Å². The van der Waals surface area contributed by atoms with Crippen LogP contribution in [-0.2, 0) is 26.3 Å². The molecule has 0 unspecified atom stereocenters. The van der Waals surface area contributed by atoms with Crippen molar-refractivity contribution < 1.29 is 17.9 Å². The van der Waals surface area contributed by atoms with Gasteiger partial charge in [-0.1, -0.05) is 12.1 Å². The van der Waals surface area contributed by atoms with Gasteiger partial charge in [0.25, 0.3) is 10.2 Å². The fourth-order valence-corrected chi connectivity index (χ4v) is 4.77. The van der Waals surface area contributed by atoms with Crippen molar-refractivity contribution in [3.63, 3.8) is 0 Å². The summed E-state index contributed by atoms with van der Waals surface area (Å²) < 4.78 is 32.6. The van der Waals surface area contributed by atoms with Gasteiger partial charge in [0.2, 0.25) is 5.91 Å². The number of nitrogens with one attached hydrogen (secondary N) is 1. The molecular weight excluding hydrogens is 380 g/mol. The number of rotatable bonds is 6. The molecule has 0 saturated carbocycles. The van der Waals surface area contributed by atoms with Crippen LogP contribution in [0.25, 0.3) is 0 Å². The van der Waals surface area contributed by atoms with E-state index in [-0.39, 0.29) is 18.4 Å². The van der Waals surface area contributed by atoms with Crippen molar-refractivity contribution in [3.8, 4) is 0 Å². The Balaban J connectivity index is 1.52. The van der Waals surface area contributed by atoms with Gasteiger partial charge >= 0.3 is 0 Å². The van der Waals surface area contributed by atoms with E-state index in [4.69, 9.17) is 4.74 Å². The second kappa shape index (κ2) is 9.21. The quantitative estimate of drug-likeness (QED) is 0.745. The van der Waals surface area contributed by atoms with Gasteiger partial charge in [-0.25, -0.2) is 0 Å². The number of carbonyl (C=O) groups excluding carboxylic acids is 1. The highest BCUT2D eigenvalue weighted by molar-refractivity contribution is 7.86. The normalized spacial score (nSPS) is 21.7. The Hall–Kier alpha value is -1.68. The Bertz CT molecular complexity index is 761. The number of amides is 1. The number of nitrogens with zero attached hydrogens (tertiary/aromatic N) is 3. The average molecular weight is 411 g/mol. The van der Waals surface area contributed by atoms with Gasteiger partial charge in [0.1, 0.15) is 0 Å². The van der Waals surface area contributed by atoms with Crippen LogP contribution in [0, 0.1) is 5.92 Å². The van der Waals surface area contributed by atoms with Crippen LogP contribution < -0.4 is 10.2 Å². The number of carbonyl (C=O) groups is 1. The molecule has 0 radical (unpaired) electrons. The number of hydrogen-bond acceptors (Lipinski definition) is 5. The van der Waals surface area contributed by atoms with Crippen molar-refractivity contribution in [2.45, 2.75) is 19.4 Å². The van der Waals surface area contributed by atoms with Crippen molar-refractivity contribution in [3.05, 3.63) is 29.8 Å². The molecule has 1 aromatic carbocycles. The van der Waals surface area contributed by atoms with Crippen LogP contribution in [0.4, 0.5) is 5.69 Å². The first-order valence-electron chi connectivity index (χ1n) is 9.75. The lowest BCUT2D eigenvalue weighted by Crippen LogP contribution is -2.48. The highest BCUT2D eigenvalue weighted by Crippen LogP contribution is 2.21. The van der Waals surface area contributed by atoms with Crippen LogP contribution in [0.1, 0.15) is 18.4 Å². The summed E-state index contributed by atoms with van der Waals surface area (Å²) in [5, 5.41) is 2.96. The number of benzene rings is 1. The van der Waals surface area contributed by atoms with Crippen LogP contribution in [0.5, 0.6) is 0 Å². The van der Waals surface area contributed by atoms with Gasteiger partial charge in [-0.15, -0.1) is 0 Å². The molecule has 0 aromatic heterocycles. The molecular formula is C19H30N4O4S. The molecule has 3 rings (SSSR count). The van der Waals surface area contributed by atoms with Gasteiger partial charge in [0, 0.05) is 52.5 Å². The van der Waals surface area contributed by atoms with Crippen molar-refractivity contribution in [2.24, 2.45) is 5.92 Å². The highest BCUT2D eigenvalue weighted by Gasteiger charge is 2.33. The van der Waals surface area contributed by atoms with E-state index in [1.54, 1.807) is 0 Å². The molecule has 156 valence electrons. The van der Waals surface area contributed by atoms with E-state index in [0.717, 1.165) is 37.6 Å². The smallest absolute Gasteiger partial charge is 0.281 e. The summed E-state index contributed by atoms with van der Waals surface area (Å²) in [6.45, 7) is 4.43. The van der Waals surface area contributed by atoms with Gasteiger partial charge in [0.05, 0.1) is 19.1 Å². The van der Waals surface area contributed by atoms with Gasteiger partial charge < -0.3 is 15.0 Å². The zero-order valence-corrected chi connectivity index (χ0v) is 17.5. The number of piperidine rings is 1. The van der Waals surface area contributed by atoms with E-state index >= 15 is 0 Å². The van der Waals surface area contributed by atoms with Gasteiger partial charge in [-0.2, -0.15) is 17.0 Å². The lowest BCUT2D eigenvalue weighted by Gasteiger charge is -2.32. The minimum Gasteiger partial charge on any atom is -0.378 e. The zero-order chi connectivity index (χ0) is 20.1. The highest BCUT2D eigenvalue weighted by atomic mass is 32.2. The topological polar surface area (TPSA) is 82.2 Å². The largest absolute Gasteiger partial charge is 0.378 e. The van der Waals surface area contributed by atoms with Crippen LogP contribution in [0.15, 0.2) is 24.3 Å². The molecule has 0 bridgehead atoms. The second-order valence-corrected chi connectivity index (χ2v) is 9.61. The Morgan fingerprint density at radius 1 is 1.18 bits per heavy atom. The Kier molecular flexibility index (Phi) is 6.92. The molecule has 9 heteroatoms. The summed E-state index contributed by atoms with van der Waals surface area (Å²) in [4.78, 5) is 14.8. The molecule has 0 spiro atoms. The number of ether oxygens (including phenoxy) is 1. The fourth-order valence-electron chi connectivity index (χ4n) is 3.58. The van der Waals surface area contributed by atoms with Gasteiger partial charge in [0.15, 0.2) is 0 Å². The Morgan fingerprint density at radius 2 is 1.86 bits per heavy atom. The molecule has 1 aromatic rings. The van der Waals surface area contributed by atoms with Crippen LogP contribution in [-0.4, -0.2) is 76.4 Å². The molecule has 2 aliphatic heterocycles. The van der Waals surface area contributed by atoms with Crippen LogP contribution in [0.3, 0.4) is 0 Å². The molecule has 2 fully saturated rings. The Morgan fingerprint density at radius 3 is 2.50 bits per heavy atom. The van der Waals surface area contributed by atoms with E-state index in [0.29, 0.717) is 25.9 Å². The summed E-state index contributed by atoms with van der Waals surface area (Å²) in [5.74, 6) is -0.396. The van der Waals surface area contributed by atoms with Crippen molar-refractivity contribution in [1.29, 1.82) is 0 Å². The van der Waals surface area contributed by atoms with E-state index < -0.39 is 10.2 Å². The molecule has 8 nitrogen and oxygen atoms in total. The van der Waals surface area contributed by atoms with E-state index in [2.05, 4.69) is 22.3 Å². The molecule has 2 aliphatic rings. The molecule has 1 atom stereocenters. The molecule has 2 heterocycles. The van der Waals surface area contributed by atoms with Gasteiger partial charge in [-0.3, -0.25) is 4.79 Å². The third-order valence-corrected chi connectivity index (χ3v) is 7.23. The minimum atomic E-state index is -3.48. The summed E-state index contributed by atoms with van der Waals surface area (Å²) in [5.41, 5.74) is 2.19. The summed E-state index contributed by atoms with van der Waals surface area (Å²) in [7, 11) is -0.449. The lowest BCUT2D eigenvalue weighted by molar-refractivity contribution is -0.126. The maximum absolute atomic E-state index is 12.6. The summed E-state index contributed by atoms with van der Waals surface area (Å²) in [6.07, 6.45) is 1.40. The maximum atomic E-state index is 12.6. The predicted molar refractivity (Wildman–Crippen MR) is 108 cm³/mol. The summed E-state index contributed by atoms with van der Waals surface area (Å²) >= 11 is 0. The summed E-state index contributed by atoms with van der Waals surface area (Å²) in [6, 6.07) is 8.18. The first-order chi connectivity index (χ1) is 13.4. The van der Waals surface area contributed by atoms with E-state index in [1.807, 2.05) is 12.1 Å². The van der Waals surface area contributed by atoms with Gasteiger partial charge in [-0.05, 0) is 30.5 Å². The van der Waals surface area contributed by atoms with E-state index in [1.165, 1.54) is 22.7 Å². The monoisotopic (exact) mass is 410 g/mol. The van der Waals surface area contributed by atoms with Crippen molar-refractivity contribution >= 4 is 21.8 Å². The third-order valence-electron chi connectivity index (χ3n) is 5.32. The number of hydrogen-bond donors (Lipinski definition) is 1.